The van der Waals surface area contributed by atoms with Gasteiger partial charge in [0.05, 0.1) is 26.4 Å². The highest BCUT2D eigenvalue weighted by Gasteiger charge is 2.26. The third kappa shape index (κ3) is 43.8. The highest BCUT2D eigenvalue weighted by molar-refractivity contribution is 7.47. The van der Waals surface area contributed by atoms with E-state index in [1.807, 2.05) is 0 Å². The van der Waals surface area contributed by atoms with Crippen LogP contribution in [-0.2, 0) is 27.9 Å². The summed E-state index contributed by atoms with van der Waals surface area (Å²) < 4.78 is 33.4. The van der Waals surface area contributed by atoms with Gasteiger partial charge in [-0.3, -0.25) is 13.8 Å². The lowest BCUT2D eigenvalue weighted by Crippen LogP contribution is -2.29. The van der Waals surface area contributed by atoms with Crippen LogP contribution >= 0.6 is 7.82 Å². The second-order valence-corrected chi connectivity index (χ2v) is 16.9. The second-order valence-electron chi connectivity index (χ2n) is 15.4. The van der Waals surface area contributed by atoms with E-state index in [1.54, 1.807) is 0 Å². The zero-order chi connectivity index (χ0) is 41.8. The van der Waals surface area contributed by atoms with E-state index < -0.39 is 39.2 Å². The first-order valence-electron chi connectivity index (χ1n) is 23.1. The SMILES string of the molecule is CCCCC/C=C\C/C=C\CCCCCCCCCCOCC(COP(=O)(O)OCC(O)CO)OC(=O)CCCCCCCCC/C=C\C/C=C\CCCCCC. The minimum Gasteiger partial charge on any atom is -0.457 e. The van der Waals surface area contributed by atoms with Crippen LogP contribution in [-0.4, -0.2) is 66.3 Å². The molecule has 334 valence electrons. The monoisotopic (exact) mass is 827 g/mol. The fourth-order valence-electron chi connectivity index (χ4n) is 6.18. The molecule has 0 bridgehead atoms. The van der Waals surface area contributed by atoms with Crippen molar-refractivity contribution >= 4 is 13.8 Å². The topological polar surface area (TPSA) is 132 Å². The fourth-order valence-corrected chi connectivity index (χ4v) is 6.97. The van der Waals surface area contributed by atoms with E-state index in [1.165, 1.54) is 109 Å². The smallest absolute Gasteiger partial charge is 0.457 e. The molecule has 0 saturated carbocycles. The van der Waals surface area contributed by atoms with Crippen LogP contribution in [0.5, 0.6) is 0 Å². The van der Waals surface area contributed by atoms with Gasteiger partial charge in [-0.2, -0.15) is 0 Å². The van der Waals surface area contributed by atoms with Crippen LogP contribution in [0.1, 0.15) is 200 Å². The van der Waals surface area contributed by atoms with Gasteiger partial charge in [0, 0.05) is 13.0 Å². The second kappa shape index (κ2) is 44.0. The molecule has 0 radical (unpaired) electrons. The standard InChI is InChI=1S/C47H87O9P/c1-3-5-7-9-11-13-15-17-19-21-23-25-27-29-31-33-35-37-39-47(50)56-46(44-55-57(51,52)54-42-45(49)41-48)43-53-40-38-36-34-32-30-28-26-24-22-20-18-16-14-12-10-8-6-4-2/h12-15,18-21,45-46,48-49H,3-11,16-17,22-44H2,1-2H3,(H,51,52)/b14-12-,15-13-,20-18-,21-19-. The van der Waals surface area contributed by atoms with Crippen LogP contribution < -0.4 is 0 Å². The molecule has 0 aliphatic rings. The van der Waals surface area contributed by atoms with Crippen LogP contribution in [0.2, 0.25) is 0 Å². The molecule has 0 heterocycles. The minimum atomic E-state index is -4.52. The molecule has 0 fully saturated rings. The summed E-state index contributed by atoms with van der Waals surface area (Å²) in [6.07, 6.45) is 49.2. The van der Waals surface area contributed by atoms with Crippen molar-refractivity contribution in [2.24, 2.45) is 0 Å². The molecule has 3 N–H and O–H groups in total. The summed E-state index contributed by atoms with van der Waals surface area (Å²) in [5, 5.41) is 18.4. The Labute approximate surface area is 349 Å². The maximum absolute atomic E-state index is 12.6. The summed E-state index contributed by atoms with van der Waals surface area (Å²) in [6, 6.07) is 0. The molecule has 3 unspecified atom stereocenters. The quantitative estimate of drug-likeness (QED) is 0.0238. The Balaban J connectivity index is 4.16. The zero-order valence-electron chi connectivity index (χ0n) is 36.6. The number of esters is 1. The van der Waals surface area contributed by atoms with Crippen molar-refractivity contribution in [3.05, 3.63) is 48.6 Å². The Morgan fingerprint density at radius 3 is 1.44 bits per heavy atom. The fraction of sp³-hybridized carbons (Fsp3) is 0.809. The number of ether oxygens (including phenoxy) is 2. The number of carbonyl (C=O) groups excluding carboxylic acids is 1. The molecule has 10 heteroatoms. The lowest BCUT2D eigenvalue weighted by molar-refractivity contribution is -0.154. The van der Waals surface area contributed by atoms with Gasteiger partial charge in [0.25, 0.3) is 0 Å². The van der Waals surface area contributed by atoms with Gasteiger partial charge in [-0.25, -0.2) is 4.57 Å². The summed E-state index contributed by atoms with van der Waals surface area (Å²) in [6.45, 7) is 3.46. The number of hydrogen-bond acceptors (Lipinski definition) is 8. The van der Waals surface area contributed by atoms with E-state index in [-0.39, 0.29) is 19.6 Å². The number of phosphoric ester groups is 1. The van der Waals surface area contributed by atoms with Gasteiger partial charge < -0.3 is 24.6 Å². The van der Waals surface area contributed by atoms with Crippen molar-refractivity contribution in [2.45, 2.75) is 212 Å². The Morgan fingerprint density at radius 1 is 0.544 bits per heavy atom. The molecule has 0 aromatic rings. The average Bonchev–Trinajstić information content (AvgIpc) is 3.20. The molecular weight excluding hydrogens is 739 g/mol. The molecule has 0 aliphatic carbocycles. The maximum Gasteiger partial charge on any atom is 0.472 e. The molecule has 0 amide bonds. The van der Waals surface area contributed by atoms with Crippen molar-refractivity contribution < 1.29 is 43.0 Å². The Morgan fingerprint density at radius 2 is 0.947 bits per heavy atom. The normalized spacial score (nSPS) is 14.4. The number of rotatable bonds is 44. The van der Waals surface area contributed by atoms with Gasteiger partial charge in [0.15, 0.2) is 0 Å². The first kappa shape index (κ1) is 55.4. The average molecular weight is 827 g/mol. The number of unbranched alkanes of at least 4 members (excludes halogenated alkanes) is 22. The van der Waals surface area contributed by atoms with Gasteiger partial charge in [-0.05, 0) is 77.0 Å². The Kier molecular flexibility index (Phi) is 42.8. The van der Waals surface area contributed by atoms with Crippen molar-refractivity contribution in [1.29, 1.82) is 0 Å². The van der Waals surface area contributed by atoms with Crippen LogP contribution in [0, 0.1) is 0 Å². The zero-order valence-corrected chi connectivity index (χ0v) is 37.4. The highest BCUT2D eigenvalue weighted by Crippen LogP contribution is 2.43. The third-order valence-electron chi connectivity index (χ3n) is 9.74. The van der Waals surface area contributed by atoms with Crippen molar-refractivity contribution in [3.8, 4) is 0 Å². The molecule has 0 aliphatic heterocycles. The number of phosphoric acid groups is 1. The first-order chi connectivity index (χ1) is 27.8. The summed E-state index contributed by atoms with van der Waals surface area (Å²) in [5.41, 5.74) is 0. The predicted octanol–water partition coefficient (Wildman–Crippen LogP) is 13.0. The van der Waals surface area contributed by atoms with Crippen LogP contribution in [0.4, 0.5) is 0 Å². The van der Waals surface area contributed by atoms with Crippen molar-refractivity contribution in [1.82, 2.24) is 0 Å². The molecule has 0 rings (SSSR count). The summed E-state index contributed by atoms with van der Waals surface area (Å²) in [7, 11) is -4.52. The number of carbonyl (C=O) groups is 1. The molecule has 9 nitrogen and oxygen atoms in total. The third-order valence-corrected chi connectivity index (χ3v) is 10.7. The Hall–Kier alpha value is -1.58. The first-order valence-corrected chi connectivity index (χ1v) is 24.6. The van der Waals surface area contributed by atoms with Gasteiger partial charge >= 0.3 is 13.8 Å². The van der Waals surface area contributed by atoms with E-state index in [2.05, 4.69) is 62.5 Å². The summed E-state index contributed by atoms with van der Waals surface area (Å²) >= 11 is 0. The minimum absolute atomic E-state index is 0.0414. The van der Waals surface area contributed by atoms with Crippen LogP contribution in [0.15, 0.2) is 48.6 Å². The number of allylic oxidation sites excluding steroid dienone is 8. The lowest BCUT2D eigenvalue weighted by Gasteiger charge is -2.20. The van der Waals surface area contributed by atoms with E-state index in [4.69, 9.17) is 23.6 Å². The Bertz CT molecular complexity index is 1030. The largest absolute Gasteiger partial charge is 0.472 e. The predicted molar refractivity (Wildman–Crippen MR) is 237 cm³/mol. The molecular formula is C47H87O9P. The summed E-state index contributed by atoms with van der Waals surface area (Å²) in [5.74, 6) is -0.393. The molecule has 57 heavy (non-hydrogen) atoms. The van der Waals surface area contributed by atoms with E-state index >= 15 is 0 Å². The molecule has 0 aromatic carbocycles. The van der Waals surface area contributed by atoms with Gasteiger partial charge in [-0.1, -0.05) is 165 Å². The maximum atomic E-state index is 12.6. The number of aliphatic hydroxyl groups excluding tert-OH is 2. The van der Waals surface area contributed by atoms with Crippen molar-refractivity contribution in [3.63, 3.8) is 0 Å². The van der Waals surface area contributed by atoms with Crippen LogP contribution in [0.25, 0.3) is 0 Å². The highest BCUT2D eigenvalue weighted by atomic mass is 31.2. The molecule has 0 spiro atoms. The molecule has 3 atom stereocenters. The van der Waals surface area contributed by atoms with Gasteiger partial charge in [0.2, 0.25) is 0 Å². The van der Waals surface area contributed by atoms with Gasteiger partial charge in [-0.15, -0.1) is 0 Å². The van der Waals surface area contributed by atoms with E-state index in [0.29, 0.717) is 6.61 Å². The molecule has 0 saturated heterocycles. The van der Waals surface area contributed by atoms with Crippen molar-refractivity contribution in [2.75, 3.05) is 33.0 Å². The van der Waals surface area contributed by atoms with Crippen LogP contribution in [0.3, 0.4) is 0 Å². The lowest BCUT2D eigenvalue weighted by atomic mass is 10.1. The van der Waals surface area contributed by atoms with E-state index in [9.17, 15) is 19.4 Å². The molecule has 0 aromatic heterocycles. The number of aliphatic hydroxyl groups is 2. The van der Waals surface area contributed by atoms with E-state index in [0.717, 1.165) is 70.6 Å². The van der Waals surface area contributed by atoms with Gasteiger partial charge in [0.1, 0.15) is 12.2 Å². The number of hydrogen-bond donors (Lipinski definition) is 3. The summed E-state index contributed by atoms with van der Waals surface area (Å²) in [4.78, 5) is 22.6.